The van der Waals surface area contributed by atoms with Gasteiger partial charge in [0.1, 0.15) is 5.82 Å². The molecule has 0 aliphatic carbocycles. The molecule has 100 valence electrons. The molecule has 0 aliphatic heterocycles. The molecular formula is C15H15BrFNO. The molecular weight excluding hydrogens is 309 g/mol. The van der Waals surface area contributed by atoms with E-state index in [1.54, 1.807) is 18.2 Å². The van der Waals surface area contributed by atoms with Gasteiger partial charge < -0.3 is 5.32 Å². The first-order valence-corrected chi connectivity index (χ1v) is 7.37. The second kappa shape index (κ2) is 6.66. The Kier molecular flexibility index (Phi) is 4.91. The fourth-order valence-electron chi connectivity index (χ4n) is 1.98. The number of unbranched alkanes of at least 4 members (excludes halogenated alkanes) is 1. The van der Waals surface area contributed by atoms with Gasteiger partial charge in [-0.2, -0.15) is 0 Å². The number of carbonyl (C=O) groups is 1. The van der Waals surface area contributed by atoms with E-state index in [2.05, 4.69) is 21.2 Å². The van der Waals surface area contributed by atoms with Crippen LogP contribution in [0.3, 0.4) is 0 Å². The van der Waals surface area contributed by atoms with Crippen molar-refractivity contribution in [2.75, 3.05) is 11.9 Å². The van der Waals surface area contributed by atoms with E-state index in [1.165, 1.54) is 12.1 Å². The molecule has 1 N–H and O–H groups in total. The van der Waals surface area contributed by atoms with Crippen molar-refractivity contribution in [3.8, 4) is 0 Å². The van der Waals surface area contributed by atoms with E-state index in [-0.39, 0.29) is 11.7 Å². The minimum absolute atomic E-state index is 0.147. The van der Waals surface area contributed by atoms with Crippen LogP contribution < -0.4 is 5.32 Å². The molecule has 0 saturated carbocycles. The normalized spacial score (nSPS) is 10.6. The molecule has 0 saturated heterocycles. The van der Waals surface area contributed by atoms with Crippen LogP contribution in [0.1, 0.15) is 23.2 Å². The number of hydrogen-bond donors (Lipinski definition) is 1. The summed E-state index contributed by atoms with van der Waals surface area (Å²) in [7, 11) is 0. The van der Waals surface area contributed by atoms with Crippen molar-refractivity contribution in [3.05, 3.63) is 47.8 Å². The van der Waals surface area contributed by atoms with Crippen molar-refractivity contribution in [3.63, 3.8) is 0 Å². The molecule has 0 aromatic heterocycles. The number of halogens is 2. The summed E-state index contributed by atoms with van der Waals surface area (Å²) >= 11 is 3.35. The van der Waals surface area contributed by atoms with Crippen LogP contribution in [0.5, 0.6) is 0 Å². The molecule has 0 fully saturated rings. The molecule has 0 radical (unpaired) electrons. The first-order valence-electron chi connectivity index (χ1n) is 6.25. The molecule has 1 amide bonds. The number of carbonyl (C=O) groups excluding carboxylic acids is 1. The Morgan fingerprint density at radius 3 is 2.58 bits per heavy atom. The highest BCUT2D eigenvalue weighted by Gasteiger charge is 2.11. The largest absolute Gasteiger partial charge is 0.352 e. The number of amides is 1. The molecule has 2 nitrogen and oxygen atoms in total. The Labute approximate surface area is 120 Å². The molecule has 0 unspecified atom stereocenters. The van der Waals surface area contributed by atoms with Crippen molar-refractivity contribution in [1.82, 2.24) is 5.32 Å². The van der Waals surface area contributed by atoms with Crippen molar-refractivity contribution >= 4 is 32.6 Å². The average Bonchev–Trinajstić information content (AvgIpc) is 2.44. The van der Waals surface area contributed by atoms with Gasteiger partial charge >= 0.3 is 0 Å². The quantitative estimate of drug-likeness (QED) is 0.656. The van der Waals surface area contributed by atoms with Crippen LogP contribution >= 0.6 is 15.9 Å². The predicted octanol–water partition coefficient (Wildman–Crippen LogP) is 3.88. The van der Waals surface area contributed by atoms with E-state index >= 15 is 0 Å². The maximum atomic E-state index is 13.6. The van der Waals surface area contributed by atoms with Crippen LogP contribution in [-0.4, -0.2) is 17.8 Å². The fraction of sp³-hybridized carbons (Fsp3) is 0.267. The molecule has 0 bridgehead atoms. The van der Waals surface area contributed by atoms with Gasteiger partial charge in [-0.05, 0) is 30.4 Å². The van der Waals surface area contributed by atoms with Crippen LogP contribution in [0.15, 0.2) is 36.4 Å². The Hall–Kier alpha value is -1.42. The number of hydrogen-bond acceptors (Lipinski definition) is 1. The van der Waals surface area contributed by atoms with Crippen molar-refractivity contribution in [2.24, 2.45) is 0 Å². The summed E-state index contributed by atoms with van der Waals surface area (Å²) < 4.78 is 13.6. The lowest BCUT2D eigenvalue weighted by molar-refractivity contribution is 0.0955. The Bertz CT molecular complexity index is 585. The Balaban J connectivity index is 2.20. The lowest BCUT2D eigenvalue weighted by Crippen LogP contribution is -2.24. The molecule has 2 aromatic rings. The zero-order valence-electron chi connectivity index (χ0n) is 10.5. The number of benzene rings is 2. The Morgan fingerprint density at radius 1 is 1.11 bits per heavy atom. The van der Waals surface area contributed by atoms with Crippen molar-refractivity contribution < 1.29 is 9.18 Å². The van der Waals surface area contributed by atoms with Crippen molar-refractivity contribution in [1.29, 1.82) is 0 Å². The predicted molar refractivity (Wildman–Crippen MR) is 79.3 cm³/mol. The Morgan fingerprint density at radius 2 is 1.84 bits per heavy atom. The van der Waals surface area contributed by atoms with Crippen LogP contribution in [0.25, 0.3) is 10.8 Å². The minimum atomic E-state index is -0.300. The molecule has 2 rings (SSSR count). The molecule has 0 atom stereocenters. The summed E-state index contributed by atoms with van der Waals surface area (Å²) in [6.07, 6.45) is 1.95. The summed E-state index contributed by atoms with van der Waals surface area (Å²) in [4.78, 5) is 12.1. The summed E-state index contributed by atoms with van der Waals surface area (Å²) in [6, 6.07) is 9.91. The SMILES string of the molecule is O=C(NCCCCBr)c1ccc(F)c2ccccc12. The second-order valence-electron chi connectivity index (χ2n) is 4.29. The number of alkyl halides is 1. The van der Waals surface area contributed by atoms with E-state index in [9.17, 15) is 9.18 Å². The van der Waals surface area contributed by atoms with Gasteiger partial charge in [0.2, 0.25) is 0 Å². The molecule has 2 aromatic carbocycles. The number of rotatable bonds is 5. The molecule has 19 heavy (non-hydrogen) atoms. The first kappa shape index (κ1) is 14.0. The highest BCUT2D eigenvalue weighted by Crippen LogP contribution is 2.21. The topological polar surface area (TPSA) is 29.1 Å². The van der Waals surface area contributed by atoms with E-state index < -0.39 is 0 Å². The van der Waals surface area contributed by atoms with E-state index in [4.69, 9.17) is 0 Å². The summed E-state index contributed by atoms with van der Waals surface area (Å²) in [5.41, 5.74) is 0.524. The lowest BCUT2D eigenvalue weighted by Gasteiger charge is -2.08. The minimum Gasteiger partial charge on any atom is -0.352 e. The highest BCUT2D eigenvalue weighted by atomic mass is 79.9. The van der Waals surface area contributed by atoms with Gasteiger partial charge in [-0.3, -0.25) is 4.79 Å². The standard InChI is InChI=1S/C15H15BrFNO/c16-9-3-4-10-18-15(19)13-7-8-14(17)12-6-2-1-5-11(12)13/h1-2,5-8H,3-4,9-10H2,(H,18,19). The van der Waals surface area contributed by atoms with Crippen LogP contribution in [0.2, 0.25) is 0 Å². The maximum absolute atomic E-state index is 13.6. The molecule has 0 aliphatic rings. The van der Waals surface area contributed by atoms with Gasteiger partial charge in [-0.1, -0.05) is 40.2 Å². The monoisotopic (exact) mass is 323 g/mol. The third-order valence-electron chi connectivity index (χ3n) is 2.96. The van der Waals surface area contributed by atoms with Crippen molar-refractivity contribution in [2.45, 2.75) is 12.8 Å². The van der Waals surface area contributed by atoms with Crippen LogP contribution in [0.4, 0.5) is 4.39 Å². The summed E-state index contributed by atoms with van der Waals surface area (Å²) in [6.45, 7) is 0.635. The van der Waals surface area contributed by atoms with E-state index in [0.29, 0.717) is 22.9 Å². The summed E-state index contributed by atoms with van der Waals surface area (Å²) in [5, 5.41) is 4.93. The number of fused-ring (bicyclic) bond motifs is 1. The highest BCUT2D eigenvalue weighted by molar-refractivity contribution is 9.09. The first-order chi connectivity index (χ1) is 9.24. The van der Waals surface area contributed by atoms with Gasteiger partial charge in [0, 0.05) is 22.8 Å². The molecule has 0 heterocycles. The third kappa shape index (κ3) is 3.32. The van der Waals surface area contributed by atoms with E-state index in [1.807, 2.05) is 6.07 Å². The van der Waals surface area contributed by atoms with Gasteiger partial charge in [-0.15, -0.1) is 0 Å². The van der Waals surface area contributed by atoms with Gasteiger partial charge in [0.25, 0.3) is 5.91 Å². The zero-order valence-corrected chi connectivity index (χ0v) is 12.0. The van der Waals surface area contributed by atoms with Crippen LogP contribution in [-0.2, 0) is 0 Å². The maximum Gasteiger partial charge on any atom is 0.251 e. The van der Waals surface area contributed by atoms with E-state index in [0.717, 1.165) is 18.2 Å². The second-order valence-corrected chi connectivity index (χ2v) is 5.09. The molecule has 0 spiro atoms. The smallest absolute Gasteiger partial charge is 0.251 e. The van der Waals surface area contributed by atoms with Gasteiger partial charge in [-0.25, -0.2) is 4.39 Å². The van der Waals surface area contributed by atoms with Gasteiger partial charge in [0.05, 0.1) is 0 Å². The average molecular weight is 324 g/mol. The number of nitrogens with one attached hydrogen (secondary N) is 1. The third-order valence-corrected chi connectivity index (χ3v) is 3.52. The zero-order chi connectivity index (χ0) is 13.7. The fourth-order valence-corrected chi connectivity index (χ4v) is 2.37. The van der Waals surface area contributed by atoms with Crippen LogP contribution in [0, 0.1) is 5.82 Å². The summed E-state index contributed by atoms with van der Waals surface area (Å²) in [5.74, 6) is -0.447. The lowest BCUT2D eigenvalue weighted by atomic mass is 10.0. The molecule has 4 heteroatoms. The van der Waals surface area contributed by atoms with Gasteiger partial charge in [0.15, 0.2) is 0 Å².